The first-order chi connectivity index (χ1) is 16.6. The van der Waals surface area contributed by atoms with Crippen LogP contribution in [0.5, 0.6) is 5.75 Å². The van der Waals surface area contributed by atoms with E-state index in [4.69, 9.17) is 4.74 Å². The predicted octanol–water partition coefficient (Wildman–Crippen LogP) is 2.56. The smallest absolute Gasteiger partial charge is 0.269 e. The molecular weight excluding hydrogens is 470 g/mol. The fourth-order valence-corrected chi connectivity index (χ4v) is 5.45. The Kier molecular flexibility index (Phi) is 8.16. The van der Waals surface area contributed by atoms with Crippen LogP contribution in [0.4, 0.5) is 0 Å². The molecule has 1 aliphatic rings. The van der Waals surface area contributed by atoms with Gasteiger partial charge in [-0.15, -0.1) is 0 Å². The van der Waals surface area contributed by atoms with Crippen LogP contribution < -0.4 is 10.1 Å². The molecule has 0 saturated carbocycles. The number of nitrogens with zero attached hydrogens (tertiary/aromatic N) is 2. The summed E-state index contributed by atoms with van der Waals surface area (Å²) in [7, 11) is -2.64. The van der Waals surface area contributed by atoms with Crippen molar-refractivity contribution in [2.24, 2.45) is 0 Å². The minimum atomic E-state index is -4.17. The molecule has 0 spiro atoms. The van der Waals surface area contributed by atoms with Gasteiger partial charge in [0.1, 0.15) is 23.2 Å². The third-order valence-corrected chi connectivity index (χ3v) is 7.85. The standard InChI is InChI=1S/C25H31N3O6S/c1-5-17(3)26-24(30)21(6-2)27(15-18-10-9-11-19(14-18)34-4)23(29)16-28-25(31)20-12-7-8-13-22(20)35(28,32)33/h7-14,17,21H,5-6,15-16H2,1-4H3,(H,26,30)/t17-,21-/m0/s1. The van der Waals surface area contributed by atoms with Crippen LogP contribution in [-0.4, -0.2) is 61.1 Å². The Hall–Kier alpha value is -3.40. The van der Waals surface area contributed by atoms with Crippen molar-refractivity contribution in [1.82, 2.24) is 14.5 Å². The molecule has 3 rings (SSSR count). The molecule has 9 nitrogen and oxygen atoms in total. The maximum Gasteiger partial charge on any atom is 0.269 e. The van der Waals surface area contributed by atoms with Crippen molar-refractivity contribution >= 4 is 27.7 Å². The average molecular weight is 502 g/mol. The van der Waals surface area contributed by atoms with Crippen LogP contribution in [0.2, 0.25) is 0 Å². The molecule has 0 aliphatic carbocycles. The van der Waals surface area contributed by atoms with Gasteiger partial charge >= 0.3 is 0 Å². The SMILES string of the molecule is CC[C@H](C)NC(=O)[C@H](CC)N(Cc1cccc(OC)c1)C(=O)CN1C(=O)c2ccccc2S1(=O)=O. The van der Waals surface area contributed by atoms with E-state index >= 15 is 0 Å². The lowest BCUT2D eigenvalue weighted by atomic mass is 10.1. The van der Waals surface area contributed by atoms with Crippen molar-refractivity contribution in [3.8, 4) is 5.75 Å². The summed E-state index contributed by atoms with van der Waals surface area (Å²) in [5.74, 6) is -1.16. The largest absolute Gasteiger partial charge is 0.497 e. The van der Waals surface area contributed by atoms with Gasteiger partial charge in [0.2, 0.25) is 11.8 Å². The van der Waals surface area contributed by atoms with E-state index < -0.39 is 34.4 Å². The number of benzene rings is 2. The molecule has 0 unspecified atom stereocenters. The summed E-state index contributed by atoms with van der Waals surface area (Å²) in [6, 6.07) is 12.0. The normalized spacial score (nSPS) is 15.8. The molecule has 2 aromatic carbocycles. The molecule has 2 atom stereocenters. The highest BCUT2D eigenvalue weighted by Gasteiger charge is 2.43. The predicted molar refractivity (Wildman–Crippen MR) is 130 cm³/mol. The number of sulfonamides is 1. The summed E-state index contributed by atoms with van der Waals surface area (Å²) in [6.07, 6.45) is 1.02. The quantitative estimate of drug-likeness (QED) is 0.535. The third-order valence-electron chi connectivity index (χ3n) is 6.06. The summed E-state index contributed by atoms with van der Waals surface area (Å²) in [6.45, 7) is 4.92. The summed E-state index contributed by atoms with van der Waals surface area (Å²) in [4.78, 5) is 40.7. The number of methoxy groups -OCH3 is 1. The van der Waals surface area contributed by atoms with Crippen LogP contribution in [0.1, 0.15) is 49.5 Å². The zero-order valence-electron chi connectivity index (χ0n) is 20.4. The van der Waals surface area contributed by atoms with E-state index in [0.29, 0.717) is 28.5 Å². The van der Waals surface area contributed by atoms with Crippen molar-refractivity contribution < 1.29 is 27.5 Å². The number of rotatable bonds is 10. The van der Waals surface area contributed by atoms with Crippen molar-refractivity contribution in [2.75, 3.05) is 13.7 Å². The molecule has 3 amide bonds. The van der Waals surface area contributed by atoms with E-state index in [1.54, 1.807) is 37.3 Å². The molecule has 188 valence electrons. The lowest BCUT2D eigenvalue weighted by Crippen LogP contribution is -2.53. The van der Waals surface area contributed by atoms with Gasteiger partial charge in [-0.05, 0) is 49.6 Å². The average Bonchev–Trinajstić information content (AvgIpc) is 3.04. The van der Waals surface area contributed by atoms with Crippen molar-refractivity contribution in [1.29, 1.82) is 0 Å². The highest BCUT2D eigenvalue weighted by atomic mass is 32.2. The lowest BCUT2D eigenvalue weighted by Gasteiger charge is -2.32. The first kappa shape index (κ1) is 26.2. The molecule has 0 fully saturated rings. The maximum atomic E-state index is 13.6. The van der Waals surface area contributed by atoms with Crippen LogP contribution in [-0.2, 0) is 26.2 Å². The summed E-state index contributed by atoms with van der Waals surface area (Å²) in [5, 5.41) is 2.90. The van der Waals surface area contributed by atoms with Gasteiger partial charge in [0.25, 0.3) is 15.9 Å². The molecule has 0 radical (unpaired) electrons. The first-order valence-corrected chi connectivity index (χ1v) is 13.0. The van der Waals surface area contributed by atoms with E-state index in [1.165, 1.54) is 30.2 Å². The minimum Gasteiger partial charge on any atom is -0.497 e. The van der Waals surface area contributed by atoms with Crippen LogP contribution in [0.15, 0.2) is 53.4 Å². The second-order valence-electron chi connectivity index (χ2n) is 8.43. The van der Waals surface area contributed by atoms with E-state index in [1.807, 2.05) is 13.8 Å². The number of amides is 3. The second-order valence-corrected chi connectivity index (χ2v) is 10.3. The molecule has 1 aliphatic heterocycles. The summed E-state index contributed by atoms with van der Waals surface area (Å²) >= 11 is 0. The fourth-order valence-electron chi connectivity index (χ4n) is 3.93. The summed E-state index contributed by atoms with van der Waals surface area (Å²) in [5.41, 5.74) is 0.729. The van der Waals surface area contributed by atoms with E-state index in [-0.39, 0.29) is 29.0 Å². The Balaban J connectivity index is 1.94. The van der Waals surface area contributed by atoms with Crippen LogP contribution >= 0.6 is 0 Å². The van der Waals surface area contributed by atoms with Gasteiger partial charge in [0, 0.05) is 12.6 Å². The molecule has 0 saturated heterocycles. The number of ether oxygens (including phenoxy) is 1. The number of carbonyl (C=O) groups excluding carboxylic acids is 3. The van der Waals surface area contributed by atoms with Gasteiger partial charge in [-0.3, -0.25) is 14.4 Å². The van der Waals surface area contributed by atoms with E-state index in [2.05, 4.69) is 5.32 Å². The van der Waals surface area contributed by atoms with E-state index in [0.717, 1.165) is 0 Å². The van der Waals surface area contributed by atoms with Crippen molar-refractivity contribution in [3.63, 3.8) is 0 Å². The number of hydrogen-bond acceptors (Lipinski definition) is 6. The first-order valence-electron chi connectivity index (χ1n) is 11.5. The summed E-state index contributed by atoms with van der Waals surface area (Å²) < 4.78 is 31.8. The topological polar surface area (TPSA) is 113 Å². The zero-order chi connectivity index (χ0) is 25.8. The maximum absolute atomic E-state index is 13.6. The lowest BCUT2D eigenvalue weighted by molar-refractivity contribution is -0.141. The molecular formula is C25H31N3O6S. The highest BCUT2D eigenvalue weighted by Crippen LogP contribution is 2.30. The Bertz CT molecular complexity index is 1210. The Morgan fingerprint density at radius 3 is 2.43 bits per heavy atom. The number of carbonyl (C=O) groups is 3. The second kappa shape index (κ2) is 10.9. The van der Waals surface area contributed by atoms with Gasteiger partial charge in [0.15, 0.2) is 0 Å². The van der Waals surface area contributed by atoms with Crippen molar-refractivity contribution in [2.45, 2.75) is 57.1 Å². The molecule has 35 heavy (non-hydrogen) atoms. The monoisotopic (exact) mass is 501 g/mol. The Morgan fingerprint density at radius 2 is 1.80 bits per heavy atom. The minimum absolute atomic E-state index is 0.0289. The molecule has 2 aromatic rings. The van der Waals surface area contributed by atoms with Crippen LogP contribution in [0.25, 0.3) is 0 Å². The van der Waals surface area contributed by atoms with Crippen LogP contribution in [0.3, 0.4) is 0 Å². The van der Waals surface area contributed by atoms with Crippen LogP contribution in [0, 0.1) is 0 Å². The van der Waals surface area contributed by atoms with Gasteiger partial charge in [0.05, 0.1) is 12.7 Å². The Morgan fingerprint density at radius 1 is 1.09 bits per heavy atom. The van der Waals surface area contributed by atoms with Gasteiger partial charge in [-0.2, -0.15) is 0 Å². The highest BCUT2D eigenvalue weighted by molar-refractivity contribution is 7.90. The number of hydrogen-bond donors (Lipinski definition) is 1. The molecule has 10 heteroatoms. The molecule has 1 N–H and O–H groups in total. The molecule has 0 aromatic heterocycles. The fraction of sp³-hybridized carbons (Fsp3) is 0.400. The number of nitrogens with one attached hydrogen (secondary N) is 1. The zero-order valence-corrected chi connectivity index (χ0v) is 21.2. The van der Waals surface area contributed by atoms with Gasteiger partial charge in [-0.1, -0.05) is 38.1 Å². The third kappa shape index (κ3) is 5.48. The van der Waals surface area contributed by atoms with Crippen molar-refractivity contribution in [3.05, 3.63) is 59.7 Å². The number of fused-ring (bicyclic) bond motifs is 1. The molecule has 0 bridgehead atoms. The Labute approximate surface area is 206 Å². The van der Waals surface area contributed by atoms with E-state index in [9.17, 15) is 22.8 Å². The van der Waals surface area contributed by atoms with Gasteiger partial charge < -0.3 is 15.0 Å². The molecule has 1 heterocycles. The van der Waals surface area contributed by atoms with Gasteiger partial charge in [-0.25, -0.2) is 12.7 Å².